The summed E-state index contributed by atoms with van der Waals surface area (Å²) in [6, 6.07) is 73.2. The Bertz CT molecular complexity index is 3480. The van der Waals surface area contributed by atoms with E-state index in [0.29, 0.717) is 0 Å². The predicted molar refractivity (Wildman–Crippen MR) is 241 cm³/mol. The van der Waals surface area contributed by atoms with Crippen LogP contribution in [-0.4, -0.2) is 4.57 Å². The molecule has 0 spiro atoms. The molecule has 3 aromatic heterocycles. The summed E-state index contributed by atoms with van der Waals surface area (Å²) in [7, 11) is 0. The predicted octanol–water partition coefficient (Wildman–Crippen LogP) is 15.4. The SMILES string of the molecule is c1ccc(N(c2cccc(-c3cccc4oc5ccccc5c34)c2)c2ccc3c(oc4ccccc43)c2-c2cccc(-n3c4ccccc4c4ccccc43)c2)cc1. The zero-order chi connectivity index (χ0) is 38.2. The molecule has 0 fully saturated rings. The van der Waals surface area contributed by atoms with Crippen molar-refractivity contribution in [2.24, 2.45) is 0 Å². The van der Waals surface area contributed by atoms with Gasteiger partial charge in [0.15, 0.2) is 0 Å². The van der Waals surface area contributed by atoms with E-state index < -0.39 is 0 Å². The largest absolute Gasteiger partial charge is 0.456 e. The van der Waals surface area contributed by atoms with Crippen LogP contribution < -0.4 is 4.90 Å². The average Bonchev–Trinajstić information content (AvgIpc) is 3.97. The summed E-state index contributed by atoms with van der Waals surface area (Å²) in [5.41, 5.74) is 14.3. The first kappa shape index (κ1) is 32.4. The van der Waals surface area contributed by atoms with Gasteiger partial charge >= 0.3 is 0 Å². The monoisotopic (exact) mass is 742 g/mol. The molecule has 0 saturated heterocycles. The molecule has 58 heavy (non-hydrogen) atoms. The highest BCUT2D eigenvalue weighted by molar-refractivity contribution is 6.15. The lowest BCUT2D eigenvalue weighted by atomic mass is 9.96. The maximum atomic E-state index is 6.90. The summed E-state index contributed by atoms with van der Waals surface area (Å²) in [6.07, 6.45) is 0. The van der Waals surface area contributed by atoms with Gasteiger partial charge in [0.1, 0.15) is 22.3 Å². The third kappa shape index (κ3) is 4.95. The summed E-state index contributed by atoms with van der Waals surface area (Å²) < 4.78 is 15.6. The van der Waals surface area contributed by atoms with Crippen LogP contribution in [0.4, 0.5) is 17.1 Å². The Morgan fingerprint density at radius 2 is 0.983 bits per heavy atom. The highest BCUT2D eigenvalue weighted by Gasteiger charge is 2.24. The minimum absolute atomic E-state index is 0.852. The van der Waals surface area contributed by atoms with Crippen molar-refractivity contribution in [3.05, 3.63) is 206 Å². The summed E-state index contributed by atoms with van der Waals surface area (Å²) in [5, 5.41) is 6.87. The molecule has 0 amide bonds. The Hall–Kier alpha value is -7.82. The van der Waals surface area contributed by atoms with Gasteiger partial charge in [0.05, 0.1) is 16.7 Å². The first-order valence-corrected chi connectivity index (χ1v) is 19.7. The van der Waals surface area contributed by atoms with Crippen molar-refractivity contribution in [2.75, 3.05) is 4.90 Å². The number of anilines is 3. The summed E-state index contributed by atoms with van der Waals surface area (Å²) in [5.74, 6) is 0. The lowest BCUT2D eigenvalue weighted by Gasteiger charge is -2.28. The Labute approximate surface area is 334 Å². The van der Waals surface area contributed by atoms with Crippen LogP contribution in [0.5, 0.6) is 0 Å². The van der Waals surface area contributed by atoms with E-state index in [2.05, 4.69) is 198 Å². The Morgan fingerprint density at radius 3 is 1.78 bits per heavy atom. The third-order valence-corrected chi connectivity index (χ3v) is 11.6. The molecule has 4 nitrogen and oxygen atoms in total. The fraction of sp³-hybridized carbons (Fsp3) is 0. The molecule has 0 aliphatic rings. The van der Waals surface area contributed by atoms with Gasteiger partial charge in [0.2, 0.25) is 0 Å². The standard InChI is InChI=1S/C54H34N2O2/c1-2-17-37(18-3-1)55(38-19-12-15-35(33-38)40-25-14-30-51-53(40)45-24-7-11-29-50(45)57-51)48-32-31-44-43-23-6-10-28-49(43)58-54(44)52(48)36-16-13-20-39(34-36)56-46-26-8-4-21-41(46)42-22-5-9-27-47(42)56/h1-34H. The number of fused-ring (bicyclic) bond motifs is 9. The number of furan rings is 2. The van der Waals surface area contributed by atoms with Gasteiger partial charge in [0.25, 0.3) is 0 Å². The van der Waals surface area contributed by atoms with Crippen molar-refractivity contribution in [3.63, 3.8) is 0 Å². The van der Waals surface area contributed by atoms with Crippen LogP contribution in [0.15, 0.2) is 215 Å². The second-order valence-electron chi connectivity index (χ2n) is 14.9. The van der Waals surface area contributed by atoms with Gasteiger partial charge in [-0.1, -0.05) is 127 Å². The van der Waals surface area contributed by atoms with Crippen LogP contribution in [0.3, 0.4) is 0 Å². The van der Waals surface area contributed by atoms with Crippen molar-refractivity contribution in [1.29, 1.82) is 0 Å². The Kier molecular flexibility index (Phi) is 7.20. The molecular weight excluding hydrogens is 709 g/mol. The first-order chi connectivity index (χ1) is 28.8. The Balaban J connectivity index is 1.12. The van der Waals surface area contributed by atoms with E-state index in [1.54, 1.807) is 0 Å². The van der Waals surface area contributed by atoms with Gasteiger partial charge < -0.3 is 18.3 Å². The minimum Gasteiger partial charge on any atom is -0.456 e. The number of para-hydroxylation sites is 5. The summed E-state index contributed by atoms with van der Waals surface area (Å²) in [4.78, 5) is 2.37. The molecule has 0 atom stereocenters. The van der Waals surface area contributed by atoms with Gasteiger partial charge in [-0.25, -0.2) is 0 Å². The molecule has 272 valence electrons. The first-order valence-electron chi connectivity index (χ1n) is 19.7. The van der Waals surface area contributed by atoms with Crippen molar-refractivity contribution in [1.82, 2.24) is 4.57 Å². The van der Waals surface area contributed by atoms with Gasteiger partial charge in [0, 0.05) is 54.9 Å². The van der Waals surface area contributed by atoms with E-state index >= 15 is 0 Å². The topological polar surface area (TPSA) is 34.5 Å². The molecule has 0 N–H and O–H groups in total. The summed E-state index contributed by atoms with van der Waals surface area (Å²) >= 11 is 0. The lowest BCUT2D eigenvalue weighted by Crippen LogP contribution is -2.11. The number of nitrogens with zero attached hydrogens (tertiary/aromatic N) is 2. The molecule has 3 heterocycles. The van der Waals surface area contributed by atoms with Crippen LogP contribution >= 0.6 is 0 Å². The molecule has 12 rings (SSSR count). The van der Waals surface area contributed by atoms with Crippen LogP contribution in [0.2, 0.25) is 0 Å². The van der Waals surface area contributed by atoms with Gasteiger partial charge in [-0.05, 0) is 95.6 Å². The number of hydrogen-bond donors (Lipinski definition) is 0. The second kappa shape index (κ2) is 12.9. The second-order valence-corrected chi connectivity index (χ2v) is 14.9. The van der Waals surface area contributed by atoms with Crippen LogP contribution in [0, 0.1) is 0 Å². The zero-order valence-electron chi connectivity index (χ0n) is 31.3. The van der Waals surface area contributed by atoms with Crippen LogP contribution in [-0.2, 0) is 0 Å². The third-order valence-electron chi connectivity index (χ3n) is 11.6. The fourth-order valence-electron chi connectivity index (χ4n) is 9.08. The molecule has 9 aromatic carbocycles. The number of aromatic nitrogens is 1. The molecular formula is C54H34N2O2. The lowest BCUT2D eigenvalue weighted by molar-refractivity contribution is 0.669. The fourth-order valence-corrected chi connectivity index (χ4v) is 9.08. The highest BCUT2D eigenvalue weighted by Crippen LogP contribution is 2.48. The van der Waals surface area contributed by atoms with Crippen molar-refractivity contribution in [2.45, 2.75) is 0 Å². The molecule has 0 aliphatic carbocycles. The molecule has 12 aromatic rings. The number of rotatable bonds is 6. The van der Waals surface area contributed by atoms with Crippen molar-refractivity contribution >= 4 is 82.7 Å². The van der Waals surface area contributed by atoms with E-state index in [9.17, 15) is 0 Å². The number of hydrogen-bond acceptors (Lipinski definition) is 3. The maximum absolute atomic E-state index is 6.90. The van der Waals surface area contributed by atoms with E-state index in [1.165, 1.54) is 21.8 Å². The van der Waals surface area contributed by atoms with E-state index in [0.717, 1.165) is 88.9 Å². The molecule has 0 bridgehead atoms. The molecule has 4 heteroatoms. The maximum Gasteiger partial charge on any atom is 0.145 e. The van der Waals surface area contributed by atoms with Crippen LogP contribution in [0.25, 0.3) is 93.6 Å². The van der Waals surface area contributed by atoms with Crippen molar-refractivity contribution < 1.29 is 8.83 Å². The van der Waals surface area contributed by atoms with Gasteiger partial charge in [-0.3, -0.25) is 0 Å². The van der Waals surface area contributed by atoms with E-state index in [4.69, 9.17) is 8.83 Å². The molecule has 0 radical (unpaired) electrons. The molecule has 0 aliphatic heterocycles. The number of benzene rings is 9. The van der Waals surface area contributed by atoms with E-state index in [1.807, 2.05) is 18.2 Å². The highest BCUT2D eigenvalue weighted by atomic mass is 16.3. The van der Waals surface area contributed by atoms with Gasteiger partial charge in [-0.15, -0.1) is 0 Å². The quantitative estimate of drug-likeness (QED) is 0.170. The van der Waals surface area contributed by atoms with E-state index in [-0.39, 0.29) is 0 Å². The summed E-state index contributed by atoms with van der Waals surface area (Å²) in [6.45, 7) is 0. The van der Waals surface area contributed by atoms with Crippen molar-refractivity contribution in [3.8, 4) is 27.9 Å². The van der Waals surface area contributed by atoms with Crippen LogP contribution in [0.1, 0.15) is 0 Å². The molecule has 0 unspecified atom stereocenters. The smallest absolute Gasteiger partial charge is 0.145 e. The van der Waals surface area contributed by atoms with Gasteiger partial charge in [-0.2, -0.15) is 0 Å². The molecule has 0 saturated carbocycles. The zero-order valence-corrected chi connectivity index (χ0v) is 31.3. The Morgan fingerprint density at radius 1 is 0.379 bits per heavy atom. The average molecular weight is 743 g/mol. The minimum atomic E-state index is 0.852. The normalized spacial score (nSPS) is 11.8.